The minimum absolute atomic E-state index is 0.00861. The third-order valence-corrected chi connectivity index (χ3v) is 3.29. The van der Waals surface area contributed by atoms with E-state index in [1.807, 2.05) is 39.0 Å². The number of hydrogen-bond acceptors (Lipinski definition) is 2. The van der Waals surface area contributed by atoms with E-state index in [2.05, 4.69) is 26.6 Å². The van der Waals surface area contributed by atoms with Crippen LogP contribution in [0.3, 0.4) is 0 Å². The third-order valence-electron chi connectivity index (χ3n) is 2.80. The lowest BCUT2D eigenvalue weighted by molar-refractivity contribution is -0.121. The Balaban J connectivity index is 2.47. The van der Waals surface area contributed by atoms with Gasteiger partial charge in [-0.1, -0.05) is 22.0 Å². The van der Waals surface area contributed by atoms with Crippen molar-refractivity contribution in [2.75, 3.05) is 5.32 Å². The average Bonchev–Trinajstić information content (AvgIpc) is 2.37. The number of carbonyl (C=O) groups excluding carboxylic acids is 1. The number of anilines is 1. The zero-order valence-electron chi connectivity index (χ0n) is 9.60. The maximum atomic E-state index is 12.0. The number of halogens is 1. The van der Waals surface area contributed by atoms with Crippen LogP contribution in [0.2, 0.25) is 0 Å². The second kappa shape index (κ2) is 3.86. The van der Waals surface area contributed by atoms with Crippen LogP contribution in [-0.2, 0) is 10.3 Å². The van der Waals surface area contributed by atoms with Crippen LogP contribution in [0.25, 0.3) is 0 Å². The molecule has 0 saturated carbocycles. The Morgan fingerprint density at radius 2 is 2.12 bits per heavy atom. The van der Waals surface area contributed by atoms with Crippen LogP contribution in [0, 0.1) is 0 Å². The van der Waals surface area contributed by atoms with Gasteiger partial charge in [0.2, 0.25) is 5.91 Å². The van der Waals surface area contributed by atoms with E-state index in [0.717, 1.165) is 15.7 Å². The van der Waals surface area contributed by atoms with E-state index in [9.17, 15) is 4.79 Å². The summed E-state index contributed by atoms with van der Waals surface area (Å²) in [6.07, 6.45) is 0. The molecule has 0 aromatic heterocycles. The van der Waals surface area contributed by atoms with E-state index in [0.29, 0.717) is 0 Å². The Hall–Kier alpha value is -0.870. The van der Waals surface area contributed by atoms with Gasteiger partial charge in [-0.3, -0.25) is 10.1 Å². The molecule has 1 heterocycles. The van der Waals surface area contributed by atoms with Crippen molar-refractivity contribution in [3.05, 3.63) is 28.2 Å². The second-order valence-corrected chi connectivity index (χ2v) is 5.48. The highest BCUT2D eigenvalue weighted by Gasteiger charge is 2.42. The summed E-state index contributed by atoms with van der Waals surface area (Å²) in [5.74, 6) is 0.00861. The van der Waals surface area contributed by atoms with Gasteiger partial charge in [-0.05, 0) is 32.9 Å². The van der Waals surface area contributed by atoms with Crippen molar-refractivity contribution >= 4 is 27.5 Å². The SMILES string of the molecule is CC(C)NC1(C)C(=O)Nc2cc(Br)ccc21. The largest absolute Gasteiger partial charge is 0.324 e. The lowest BCUT2D eigenvalue weighted by Crippen LogP contribution is -2.48. The van der Waals surface area contributed by atoms with Crippen LogP contribution in [0.4, 0.5) is 5.69 Å². The molecule has 3 nitrogen and oxygen atoms in total. The Kier molecular flexibility index (Phi) is 2.80. The van der Waals surface area contributed by atoms with Crippen molar-refractivity contribution in [3.8, 4) is 0 Å². The van der Waals surface area contributed by atoms with Crippen molar-refractivity contribution < 1.29 is 4.79 Å². The summed E-state index contributed by atoms with van der Waals surface area (Å²) in [6.45, 7) is 5.99. The standard InChI is InChI=1S/C12H15BrN2O/c1-7(2)15-12(3)9-5-4-8(13)6-10(9)14-11(12)16/h4-7,15H,1-3H3,(H,14,16). The summed E-state index contributed by atoms with van der Waals surface area (Å²) in [5, 5.41) is 6.22. The Bertz CT molecular complexity index is 445. The van der Waals surface area contributed by atoms with E-state index >= 15 is 0 Å². The van der Waals surface area contributed by atoms with Gasteiger partial charge < -0.3 is 5.32 Å². The fourth-order valence-corrected chi connectivity index (χ4v) is 2.51. The van der Waals surface area contributed by atoms with Gasteiger partial charge in [-0.15, -0.1) is 0 Å². The molecule has 86 valence electrons. The van der Waals surface area contributed by atoms with Crippen LogP contribution >= 0.6 is 15.9 Å². The minimum atomic E-state index is -0.621. The van der Waals surface area contributed by atoms with Crippen LogP contribution in [0.5, 0.6) is 0 Å². The van der Waals surface area contributed by atoms with Gasteiger partial charge in [0.1, 0.15) is 5.54 Å². The minimum Gasteiger partial charge on any atom is -0.324 e. The highest BCUT2D eigenvalue weighted by molar-refractivity contribution is 9.10. The first-order valence-corrected chi connectivity index (χ1v) is 6.12. The molecule has 1 aliphatic rings. The Morgan fingerprint density at radius 3 is 2.75 bits per heavy atom. The molecule has 4 heteroatoms. The highest BCUT2D eigenvalue weighted by atomic mass is 79.9. The smallest absolute Gasteiger partial charge is 0.249 e. The lowest BCUT2D eigenvalue weighted by Gasteiger charge is -2.26. The summed E-state index contributed by atoms with van der Waals surface area (Å²) in [6, 6.07) is 6.12. The highest BCUT2D eigenvalue weighted by Crippen LogP contribution is 2.37. The molecule has 16 heavy (non-hydrogen) atoms. The number of fused-ring (bicyclic) bond motifs is 1. The molecule has 0 radical (unpaired) electrons. The average molecular weight is 283 g/mol. The van der Waals surface area contributed by atoms with Crippen LogP contribution in [0.15, 0.2) is 22.7 Å². The molecule has 1 unspecified atom stereocenters. The molecule has 1 aromatic carbocycles. The van der Waals surface area contributed by atoms with E-state index in [4.69, 9.17) is 0 Å². The van der Waals surface area contributed by atoms with E-state index in [1.54, 1.807) is 0 Å². The molecule has 0 fully saturated rings. The number of hydrogen-bond donors (Lipinski definition) is 2. The fourth-order valence-electron chi connectivity index (χ4n) is 2.15. The molecule has 1 atom stereocenters. The van der Waals surface area contributed by atoms with Gasteiger partial charge in [0.05, 0.1) is 0 Å². The van der Waals surface area contributed by atoms with E-state index in [-0.39, 0.29) is 11.9 Å². The number of rotatable bonds is 2. The van der Waals surface area contributed by atoms with Crippen LogP contribution in [0.1, 0.15) is 26.3 Å². The zero-order chi connectivity index (χ0) is 11.9. The summed E-state index contributed by atoms with van der Waals surface area (Å²) in [5.41, 5.74) is 1.27. The molecule has 2 N–H and O–H groups in total. The van der Waals surface area contributed by atoms with Gasteiger partial charge in [0, 0.05) is 21.8 Å². The van der Waals surface area contributed by atoms with Gasteiger partial charge in [-0.25, -0.2) is 0 Å². The van der Waals surface area contributed by atoms with E-state index in [1.165, 1.54) is 0 Å². The predicted molar refractivity (Wildman–Crippen MR) is 68.4 cm³/mol. The first-order chi connectivity index (χ1) is 7.43. The van der Waals surface area contributed by atoms with Crippen LogP contribution in [-0.4, -0.2) is 11.9 Å². The lowest BCUT2D eigenvalue weighted by atomic mass is 9.93. The van der Waals surface area contributed by atoms with Crippen molar-refractivity contribution in [2.45, 2.75) is 32.4 Å². The summed E-state index contributed by atoms with van der Waals surface area (Å²) < 4.78 is 0.973. The molecule has 0 spiro atoms. The van der Waals surface area contributed by atoms with Crippen molar-refractivity contribution in [1.82, 2.24) is 5.32 Å². The maximum Gasteiger partial charge on any atom is 0.249 e. The predicted octanol–water partition coefficient (Wildman–Crippen LogP) is 2.61. The molecule has 0 bridgehead atoms. The topological polar surface area (TPSA) is 41.1 Å². The number of benzene rings is 1. The molecular formula is C12H15BrN2O. The first kappa shape index (κ1) is 11.6. The van der Waals surface area contributed by atoms with Crippen molar-refractivity contribution in [2.24, 2.45) is 0 Å². The molecule has 2 rings (SSSR count). The second-order valence-electron chi connectivity index (χ2n) is 4.57. The number of nitrogens with one attached hydrogen (secondary N) is 2. The quantitative estimate of drug-likeness (QED) is 0.876. The summed E-state index contributed by atoms with van der Waals surface area (Å²) in [4.78, 5) is 12.0. The van der Waals surface area contributed by atoms with Crippen LogP contribution < -0.4 is 10.6 Å². The summed E-state index contributed by atoms with van der Waals surface area (Å²) >= 11 is 3.40. The van der Waals surface area contributed by atoms with Gasteiger partial charge in [0.15, 0.2) is 0 Å². The van der Waals surface area contributed by atoms with E-state index < -0.39 is 5.54 Å². The van der Waals surface area contributed by atoms with Crippen molar-refractivity contribution in [1.29, 1.82) is 0 Å². The van der Waals surface area contributed by atoms with Gasteiger partial charge in [0.25, 0.3) is 0 Å². The number of carbonyl (C=O) groups is 1. The summed E-state index contributed by atoms with van der Waals surface area (Å²) in [7, 11) is 0. The Morgan fingerprint density at radius 1 is 1.44 bits per heavy atom. The molecule has 0 aliphatic carbocycles. The normalized spacial score (nSPS) is 23.4. The molecule has 1 aliphatic heterocycles. The molecule has 0 saturated heterocycles. The molecule has 1 amide bonds. The van der Waals surface area contributed by atoms with Gasteiger partial charge >= 0.3 is 0 Å². The zero-order valence-corrected chi connectivity index (χ0v) is 11.2. The maximum absolute atomic E-state index is 12.0. The first-order valence-electron chi connectivity index (χ1n) is 5.32. The fraction of sp³-hybridized carbons (Fsp3) is 0.417. The third kappa shape index (κ3) is 1.76. The Labute approximate surface area is 104 Å². The van der Waals surface area contributed by atoms with Crippen molar-refractivity contribution in [3.63, 3.8) is 0 Å². The number of amides is 1. The molecular weight excluding hydrogens is 268 g/mol. The van der Waals surface area contributed by atoms with Gasteiger partial charge in [-0.2, -0.15) is 0 Å². The monoisotopic (exact) mass is 282 g/mol. The molecule has 1 aromatic rings.